The molecule has 5 rings (SSSR count). The van der Waals surface area contributed by atoms with E-state index in [9.17, 15) is 0 Å². The third-order valence-electron chi connectivity index (χ3n) is 6.08. The van der Waals surface area contributed by atoms with E-state index < -0.39 is 0 Å². The molecule has 8 heteroatoms. The van der Waals surface area contributed by atoms with Crippen LogP contribution in [0.15, 0.2) is 6.33 Å². The average molecular weight is 415 g/mol. The number of aryl methyl sites for hydroxylation is 2. The van der Waals surface area contributed by atoms with Crippen LogP contribution < -0.4 is 0 Å². The van der Waals surface area contributed by atoms with E-state index in [2.05, 4.69) is 36.0 Å². The Morgan fingerprint density at radius 2 is 2.04 bits per heavy atom. The summed E-state index contributed by atoms with van der Waals surface area (Å²) >= 11 is 8.27. The van der Waals surface area contributed by atoms with E-state index in [1.54, 1.807) is 15.5 Å². The smallest absolute Gasteiger partial charge is 0.204 e. The maximum atomic E-state index is 6.46. The van der Waals surface area contributed by atoms with E-state index >= 15 is 0 Å². The minimum atomic E-state index is 0.326. The van der Waals surface area contributed by atoms with Gasteiger partial charge in [0, 0.05) is 11.9 Å². The van der Waals surface area contributed by atoms with Gasteiger partial charge in [-0.1, -0.05) is 32.4 Å². The highest BCUT2D eigenvalue weighted by Gasteiger charge is 2.32. The van der Waals surface area contributed by atoms with Crippen LogP contribution in [0, 0.1) is 18.3 Å². The van der Waals surface area contributed by atoms with Gasteiger partial charge in [0.05, 0.1) is 16.1 Å². The van der Waals surface area contributed by atoms with Crippen LogP contribution in [0.2, 0.25) is 5.02 Å². The number of hydrogen-bond acceptors (Lipinski definition) is 5. The van der Waals surface area contributed by atoms with Crippen molar-refractivity contribution in [3.8, 4) is 11.5 Å². The van der Waals surface area contributed by atoms with Gasteiger partial charge in [0.2, 0.25) is 5.82 Å². The summed E-state index contributed by atoms with van der Waals surface area (Å²) in [5.41, 5.74) is 4.11. The molecule has 0 saturated heterocycles. The number of aromatic nitrogens is 6. The molecule has 4 heterocycles. The third-order valence-corrected chi connectivity index (χ3v) is 7.70. The minimum absolute atomic E-state index is 0.326. The topological polar surface area (TPSA) is 60.9 Å². The van der Waals surface area contributed by atoms with Gasteiger partial charge in [-0.15, -0.1) is 16.4 Å². The lowest BCUT2D eigenvalue weighted by Gasteiger charge is -2.33. The summed E-state index contributed by atoms with van der Waals surface area (Å²) in [6.45, 7) is 8.97. The lowest BCUT2D eigenvalue weighted by molar-refractivity contribution is 0.218. The van der Waals surface area contributed by atoms with E-state index in [0.29, 0.717) is 27.9 Å². The highest BCUT2D eigenvalue weighted by atomic mass is 35.5. The van der Waals surface area contributed by atoms with Crippen LogP contribution in [-0.2, 0) is 19.9 Å². The summed E-state index contributed by atoms with van der Waals surface area (Å²) in [5, 5.41) is 10.9. The molecule has 0 aliphatic heterocycles. The Hall–Kier alpha value is -1.99. The first kappa shape index (κ1) is 18.1. The monoisotopic (exact) mass is 414 g/mol. The van der Waals surface area contributed by atoms with Gasteiger partial charge >= 0.3 is 0 Å². The zero-order valence-electron chi connectivity index (χ0n) is 16.7. The van der Waals surface area contributed by atoms with Crippen molar-refractivity contribution < 1.29 is 0 Å². The number of rotatable bonds is 1. The van der Waals surface area contributed by atoms with Crippen molar-refractivity contribution in [2.45, 2.75) is 47.0 Å². The number of hydrogen-bond donors (Lipinski definition) is 0. The highest BCUT2D eigenvalue weighted by molar-refractivity contribution is 7.19. The number of fused-ring (bicyclic) bond motifs is 5. The van der Waals surface area contributed by atoms with Gasteiger partial charge in [0.25, 0.3) is 0 Å². The lowest BCUT2D eigenvalue weighted by atomic mass is 9.72. The molecule has 4 aromatic rings. The molecule has 0 bridgehead atoms. The SMILES string of the molecule is Cc1c(Cl)c(-c2nc3c4c5c(sc4ncn3n2)CC(C(C)(C)C)CC5)nn1C. The second kappa shape index (κ2) is 6.00. The fourth-order valence-corrected chi connectivity index (χ4v) is 5.65. The Labute approximate surface area is 172 Å². The van der Waals surface area contributed by atoms with Crippen LogP contribution in [-0.4, -0.2) is 29.4 Å². The Bertz CT molecular complexity index is 1230. The maximum absolute atomic E-state index is 6.46. The molecule has 0 amide bonds. The van der Waals surface area contributed by atoms with Crippen LogP contribution in [0.1, 0.15) is 43.3 Å². The predicted octanol–water partition coefficient (Wildman–Crippen LogP) is 4.85. The molecule has 0 radical (unpaired) electrons. The van der Waals surface area contributed by atoms with Crippen molar-refractivity contribution in [1.29, 1.82) is 0 Å². The summed E-state index contributed by atoms with van der Waals surface area (Å²) in [6.07, 6.45) is 5.15. The quantitative estimate of drug-likeness (QED) is 0.446. The van der Waals surface area contributed by atoms with Crippen LogP contribution in [0.4, 0.5) is 0 Å². The molecular weight excluding hydrogens is 392 g/mol. The summed E-state index contributed by atoms with van der Waals surface area (Å²) in [6, 6.07) is 0. The minimum Gasteiger partial charge on any atom is -0.271 e. The largest absolute Gasteiger partial charge is 0.271 e. The van der Waals surface area contributed by atoms with Crippen LogP contribution in [0.3, 0.4) is 0 Å². The fourth-order valence-electron chi connectivity index (χ4n) is 4.14. The molecule has 28 heavy (non-hydrogen) atoms. The molecule has 0 N–H and O–H groups in total. The van der Waals surface area contributed by atoms with Crippen LogP contribution >= 0.6 is 22.9 Å². The first-order chi connectivity index (χ1) is 13.2. The van der Waals surface area contributed by atoms with Gasteiger partial charge in [-0.3, -0.25) is 4.68 Å². The van der Waals surface area contributed by atoms with E-state index in [4.69, 9.17) is 16.6 Å². The van der Waals surface area contributed by atoms with Gasteiger partial charge in [-0.25, -0.2) is 14.5 Å². The van der Waals surface area contributed by atoms with Crippen molar-refractivity contribution in [2.75, 3.05) is 0 Å². The molecule has 6 nitrogen and oxygen atoms in total. The Morgan fingerprint density at radius 1 is 1.25 bits per heavy atom. The summed E-state index contributed by atoms with van der Waals surface area (Å²) in [5.74, 6) is 1.25. The average Bonchev–Trinajstić information content (AvgIpc) is 3.29. The van der Waals surface area contributed by atoms with Gasteiger partial charge in [0.1, 0.15) is 11.2 Å². The van der Waals surface area contributed by atoms with Gasteiger partial charge in [-0.05, 0) is 43.1 Å². The lowest BCUT2D eigenvalue weighted by Crippen LogP contribution is -2.26. The number of nitrogens with zero attached hydrogens (tertiary/aromatic N) is 6. The molecule has 1 unspecified atom stereocenters. The highest BCUT2D eigenvalue weighted by Crippen LogP contribution is 2.43. The zero-order chi connectivity index (χ0) is 19.8. The van der Waals surface area contributed by atoms with Crippen molar-refractivity contribution in [3.63, 3.8) is 0 Å². The summed E-state index contributed by atoms with van der Waals surface area (Å²) in [4.78, 5) is 12.0. The molecule has 1 aliphatic rings. The first-order valence-corrected chi connectivity index (χ1v) is 10.8. The molecular formula is C20H23ClN6S. The molecule has 0 spiro atoms. The Balaban J connectivity index is 1.68. The van der Waals surface area contributed by atoms with Crippen molar-refractivity contribution >= 4 is 38.8 Å². The fraction of sp³-hybridized carbons (Fsp3) is 0.500. The van der Waals surface area contributed by atoms with Crippen LogP contribution in [0.5, 0.6) is 0 Å². The normalized spacial score (nSPS) is 17.6. The molecule has 0 fully saturated rings. The van der Waals surface area contributed by atoms with Crippen molar-refractivity contribution in [1.82, 2.24) is 29.4 Å². The zero-order valence-corrected chi connectivity index (χ0v) is 18.3. The maximum Gasteiger partial charge on any atom is 0.204 e. The third kappa shape index (κ3) is 2.59. The molecule has 1 aliphatic carbocycles. The Morgan fingerprint density at radius 3 is 2.71 bits per heavy atom. The summed E-state index contributed by atoms with van der Waals surface area (Å²) in [7, 11) is 1.88. The molecule has 0 saturated carbocycles. The second-order valence-electron chi connectivity index (χ2n) is 8.81. The van der Waals surface area contributed by atoms with E-state index in [-0.39, 0.29) is 0 Å². The predicted molar refractivity (Wildman–Crippen MR) is 113 cm³/mol. The van der Waals surface area contributed by atoms with Crippen molar-refractivity contribution in [2.24, 2.45) is 18.4 Å². The molecule has 146 valence electrons. The van der Waals surface area contributed by atoms with E-state index in [0.717, 1.165) is 34.4 Å². The number of thiophene rings is 1. The van der Waals surface area contributed by atoms with Gasteiger partial charge in [0.15, 0.2) is 11.3 Å². The second-order valence-corrected chi connectivity index (χ2v) is 10.3. The molecule has 1 atom stereocenters. The standard InChI is InChI=1S/C20H23ClN6S/c1-10-15(21)16(24-26(10)5)17-23-18-14-12-7-6-11(20(2,3)4)8-13(12)28-19(14)22-9-27(18)25-17/h9,11H,6-8H2,1-5H3. The Kier molecular flexibility index (Phi) is 3.87. The first-order valence-electron chi connectivity index (χ1n) is 9.59. The van der Waals surface area contributed by atoms with Gasteiger partial charge in [-0.2, -0.15) is 5.10 Å². The van der Waals surface area contributed by atoms with Gasteiger partial charge < -0.3 is 0 Å². The molecule has 4 aromatic heterocycles. The summed E-state index contributed by atoms with van der Waals surface area (Å²) < 4.78 is 3.52. The van der Waals surface area contributed by atoms with Crippen LogP contribution in [0.25, 0.3) is 27.4 Å². The van der Waals surface area contributed by atoms with Crippen molar-refractivity contribution in [3.05, 3.63) is 27.5 Å². The number of halogens is 1. The van der Waals surface area contributed by atoms with E-state index in [1.807, 2.05) is 25.3 Å². The molecule has 0 aromatic carbocycles. The van der Waals surface area contributed by atoms with E-state index in [1.165, 1.54) is 16.9 Å².